The zero-order valence-electron chi connectivity index (χ0n) is 10.5. The lowest BCUT2D eigenvalue weighted by atomic mass is 10.1. The van der Waals surface area contributed by atoms with Crippen LogP contribution in [0.15, 0.2) is 24.5 Å². The van der Waals surface area contributed by atoms with Gasteiger partial charge in [-0.3, -0.25) is 0 Å². The van der Waals surface area contributed by atoms with Crippen LogP contribution in [0.5, 0.6) is 5.75 Å². The number of imidazole rings is 1. The average Bonchev–Trinajstić information content (AvgIpc) is 2.89. The molecule has 0 spiro atoms. The van der Waals surface area contributed by atoms with Crippen molar-refractivity contribution in [3.63, 3.8) is 0 Å². The number of hydrogen-bond acceptors (Lipinski definition) is 4. The van der Waals surface area contributed by atoms with E-state index < -0.39 is 6.09 Å². The van der Waals surface area contributed by atoms with Crippen LogP contribution in [0.3, 0.4) is 0 Å². The van der Waals surface area contributed by atoms with Crippen molar-refractivity contribution < 1.29 is 9.53 Å². The van der Waals surface area contributed by atoms with Gasteiger partial charge < -0.3 is 20.4 Å². The topological polar surface area (TPSA) is 79.0 Å². The van der Waals surface area contributed by atoms with E-state index in [9.17, 15) is 4.79 Å². The number of ether oxygens (including phenoxy) is 1. The Hall–Kier alpha value is -2.08. The van der Waals surface area contributed by atoms with Gasteiger partial charge in [0.05, 0.1) is 11.8 Å². The van der Waals surface area contributed by atoms with Gasteiger partial charge >= 0.3 is 6.09 Å². The molecule has 1 aliphatic heterocycles. The molecule has 100 valence electrons. The summed E-state index contributed by atoms with van der Waals surface area (Å²) in [6, 6.07) is 5.64. The van der Waals surface area contributed by atoms with Gasteiger partial charge in [-0.15, -0.1) is 0 Å². The first-order valence-electron chi connectivity index (χ1n) is 6.44. The molecular formula is C13H16N4O2. The summed E-state index contributed by atoms with van der Waals surface area (Å²) in [4.78, 5) is 19.0. The summed E-state index contributed by atoms with van der Waals surface area (Å²) in [5.74, 6) is 0.477. The lowest BCUT2D eigenvalue weighted by Crippen LogP contribution is -2.43. The van der Waals surface area contributed by atoms with E-state index in [1.807, 2.05) is 12.1 Å². The van der Waals surface area contributed by atoms with Crippen LogP contribution in [0.2, 0.25) is 0 Å². The van der Waals surface area contributed by atoms with E-state index in [1.54, 1.807) is 12.4 Å². The zero-order valence-corrected chi connectivity index (χ0v) is 10.5. The van der Waals surface area contributed by atoms with E-state index >= 15 is 0 Å². The van der Waals surface area contributed by atoms with Crippen LogP contribution >= 0.6 is 0 Å². The summed E-state index contributed by atoms with van der Waals surface area (Å²) in [6.45, 7) is 1.86. The van der Waals surface area contributed by atoms with E-state index in [-0.39, 0.29) is 6.04 Å². The first kappa shape index (κ1) is 12.0. The molecule has 1 aromatic carbocycles. The van der Waals surface area contributed by atoms with E-state index in [2.05, 4.69) is 20.6 Å². The molecule has 1 aliphatic rings. The van der Waals surface area contributed by atoms with E-state index in [1.165, 1.54) is 0 Å². The highest BCUT2D eigenvalue weighted by atomic mass is 16.6. The van der Waals surface area contributed by atoms with Crippen LogP contribution in [0.4, 0.5) is 4.79 Å². The number of rotatable bonds is 2. The van der Waals surface area contributed by atoms with E-state index in [4.69, 9.17) is 4.74 Å². The van der Waals surface area contributed by atoms with Crippen molar-refractivity contribution in [2.24, 2.45) is 0 Å². The second-order valence-electron chi connectivity index (χ2n) is 4.61. The van der Waals surface area contributed by atoms with Gasteiger partial charge in [-0.05, 0) is 38.1 Å². The number of carbonyl (C=O) groups excluding carboxylic acids is 1. The monoisotopic (exact) mass is 260 g/mol. The van der Waals surface area contributed by atoms with Gasteiger partial charge in [-0.1, -0.05) is 6.07 Å². The fourth-order valence-electron chi connectivity index (χ4n) is 2.28. The number of aromatic amines is 1. The highest BCUT2D eigenvalue weighted by Crippen LogP contribution is 2.22. The standard InChI is InChI=1S/C13H16N4O2/c18-13(17-9-4-6-14-7-5-9)19-11-3-1-2-10-12(11)16-8-15-10/h1-3,8-9,14H,4-7H2,(H,15,16)(H,17,18). The van der Waals surface area contributed by atoms with Crippen molar-refractivity contribution in [3.05, 3.63) is 24.5 Å². The SMILES string of the molecule is O=C(NC1CCNCC1)Oc1cccc2[nH]cnc12. The molecule has 1 amide bonds. The van der Waals surface area contributed by atoms with E-state index in [0.29, 0.717) is 11.3 Å². The number of piperidine rings is 1. The number of aromatic nitrogens is 2. The van der Waals surface area contributed by atoms with Crippen molar-refractivity contribution in [3.8, 4) is 5.75 Å². The minimum absolute atomic E-state index is 0.187. The fraction of sp³-hybridized carbons (Fsp3) is 0.385. The third-order valence-corrected chi connectivity index (χ3v) is 3.28. The Morgan fingerprint density at radius 1 is 1.37 bits per heavy atom. The van der Waals surface area contributed by atoms with Gasteiger partial charge in [-0.2, -0.15) is 0 Å². The predicted octanol–water partition coefficient (Wildman–Crippen LogP) is 1.40. The number of fused-ring (bicyclic) bond motifs is 1. The van der Waals surface area contributed by atoms with Gasteiger partial charge in [0, 0.05) is 6.04 Å². The maximum Gasteiger partial charge on any atom is 0.412 e. The van der Waals surface area contributed by atoms with Gasteiger partial charge in [0.25, 0.3) is 0 Å². The van der Waals surface area contributed by atoms with Gasteiger partial charge in [0.15, 0.2) is 5.75 Å². The lowest BCUT2D eigenvalue weighted by Gasteiger charge is -2.23. The molecule has 19 heavy (non-hydrogen) atoms. The average molecular weight is 260 g/mol. The Morgan fingerprint density at radius 3 is 3.05 bits per heavy atom. The zero-order chi connectivity index (χ0) is 13.1. The summed E-state index contributed by atoms with van der Waals surface area (Å²) >= 11 is 0. The van der Waals surface area contributed by atoms with Crippen LogP contribution in [0.25, 0.3) is 11.0 Å². The van der Waals surface area contributed by atoms with E-state index in [0.717, 1.165) is 31.4 Å². The molecule has 0 saturated carbocycles. The van der Waals surface area contributed by atoms with Gasteiger partial charge in [0.1, 0.15) is 5.52 Å². The van der Waals surface area contributed by atoms with Crippen molar-refractivity contribution in [1.82, 2.24) is 20.6 Å². The summed E-state index contributed by atoms with van der Waals surface area (Å²) in [7, 11) is 0. The van der Waals surface area contributed by atoms with Crippen LogP contribution in [0.1, 0.15) is 12.8 Å². The molecule has 1 saturated heterocycles. The Kier molecular flexibility index (Phi) is 3.33. The highest BCUT2D eigenvalue weighted by molar-refractivity contribution is 5.84. The third kappa shape index (κ3) is 2.68. The Balaban J connectivity index is 1.67. The number of amides is 1. The largest absolute Gasteiger partial charge is 0.412 e. The molecule has 0 bridgehead atoms. The minimum atomic E-state index is -0.414. The molecule has 1 fully saturated rings. The highest BCUT2D eigenvalue weighted by Gasteiger charge is 2.17. The fourth-order valence-corrected chi connectivity index (χ4v) is 2.28. The molecule has 0 aliphatic carbocycles. The van der Waals surface area contributed by atoms with Crippen molar-refractivity contribution in [2.75, 3.05) is 13.1 Å². The lowest BCUT2D eigenvalue weighted by molar-refractivity contribution is 0.193. The molecular weight excluding hydrogens is 244 g/mol. The smallest absolute Gasteiger partial charge is 0.408 e. The van der Waals surface area contributed by atoms with Crippen molar-refractivity contribution in [2.45, 2.75) is 18.9 Å². The second-order valence-corrected chi connectivity index (χ2v) is 4.61. The molecule has 6 heteroatoms. The molecule has 0 unspecified atom stereocenters. The number of H-pyrrole nitrogens is 1. The van der Waals surface area contributed by atoms with Crippen molar-refractivity contribution >= 4 is 17.1 Å². The number of benzene rings is 1. The molecule has 3 N–H and O–H groups in total. The number of hydrogen-bond donors (Lipinski definition) is 3. The van der Waals surface area contributed by atoms with Gasteiger partial charge in [-0.25, -0.2) is 9.78 Å². The Labute approximate surface area is 110 Å². The molecule has 6 nitrogen and oxygen atoms in total. The summed E-state index contributed by atoms with van der Waals surface area (Å²) in [6.07, 6.45) is 3.04. The minimum Gasteiger partial charge on any atom is -0.408 e. The number of carbonyl (C=O) groups is 1. The first-order chi connectivity index (χ1) is 9.33. The van der Waals surface area contributed by atoms with Crippen LogP contribution in [0, 0.1) is 0 Å². The quantitative estimate of drug-likeness (QED) is 0.762. The van der Waals surface area contributed by atoms with Crippen LogP contribution < -0.4 is 15.4 Å². The molecule has 0 radical (unpaired) electrons. The van der Waals surface area contributed by atoms with Crippen LogP contribution in [-0.2, 0) is 0 Å². The second kappa shape index (κ2) is 5.27. The third-order valence-electron chi connectivity index (χ3n) is 3.28. The first-order valence-corrected chi connectivity index (χ1v) is 6.44. The van der Waals surface area contributed by atoms with Crippen molar-refractivity contribution in [1.29, 1.82) is 0 Å². The molecule has 3 rings (SSSR count). The maximum absolute atomic E-state index is 11.9. The maximum atomic E-state index is 11.9. The number of nitrogens with one attached hydrogen (secondary N) is 3. The Morgan fingerprint density at radius 2 is 2.21 bits per heavy atom. The van der Waals surface area contributed by atoms with Crippen LogP contribution in [-0.4, -0.2) is 35.2 Å². The summed E-state index contributed by atoms with van der Waals surface area (Å²) in [5, 5.41) is 6.14. The predicted molar refractivity (Wildman–Crippen MR) is 71.1 cm³/mol. The molecule has 0 atom stereocenters. The normalized spacial score (nSPS) is 16.4. The number of nitrogens with zero attached hydrogens (tertiary/aromatic N) is 1. The summed E-state index contributed by atoms with van der Waals surface area (Å²) < 4.78 is 5.34. The summed E-state index contributed by atoms with van der Waals surface area (Å²) in [5.41, 5.74) is 1.52. The van der Waals surface area contributed by atoms with Gasteiger partial charge in [0.2, 0.25) is 0 Å². The molecule has 1 aromatic heterocycles. The molecule has 2 heterocycles. The Bertz CT molecular complexity index is 575. The molecule has 2 aromatic rings. The number of para-hydroxylation sites is 1.